The summed E-state index contributed by atoms with van der Waals surface area (Å²) in [6, 6.07) is 0. The highest BCUT2D eigenvalue weighted by Gasteiger charge is 2.20. The van der Waals surface area contributed by atoms with Crippen LogP contribution < -0.4 is 5.32 Å². The molecule has 0 aliphatic carbocycles. The highest BCUT2D eigenvalue weighted by Crippen LogP contribution is 2.03. The maximum absolute atomic E-state index is 9.32. The molecule has 0 heterocycles. The first-order chi connectivity index (χ1) is 6.30. The van der Waals surface area contributed by atoms with E-state index in [1.165, 1.54) is 4.90 Å². The third-order valence-electron chi connectivity index (χ3n) is 2.10. The van der Waals surface area contributed by atoms with Crippen molar-refractivity contribution in [2.24, 2.45) is 0 Å². The van der Waals surface area contributed by atoms with Crippen molar-refractivity contribution in [2.75, 3.05) is 13.3 Å². The molecule has 0 bridgehead atoms. The van der Waals surface area contributed by atoms with Crippen molar-refractivity contribution in [2.45, 2.75) is 45.7 Å². The van der Waals surface area contributed by atoms with E-state index in [1.54, 1.807) is 13.8 Å². The lowest BCUT2D eigenvalue weighted by Crippen LogP contribution is -2.52. The van der Waals surface area contributed by atoms with E-state index in [2.05, 4.69) is 5.32 Å². The number of hydrogen-bond donors (Lipinski definition) is 4. The van der Waals surface area contributed by atoms with Gasteiger partial charge in [0.2, 0.25) is 0 Å². The van der Waals surface area contributed by atoms with Gasteiger partial charge in [0, 0.05) is 5.54 Å². The maximum atomic E-state index is 9.32. The van der Waals surface area contributed by atoms with Gasteiger partial charge in [-0.3, -0.25) is 5.32 Å². The van der Waals surface area contributed by atoms with Crippen molar-refractivity contribution in [3.8, 4) is 0 Å². The fraction of sp³-hybridized carbons (Fsp3) is 1.00. The Morgan fingerprint density at radius 2 is 1.64 bits per heavy atom. The zero-order valence-corrected chi connectivity index (χ0v) is 9.36. The minimum Gasteiger partial charge on any atom is -0.394 e. The van der Waals surface area contributed by atoms with Crippen LogP contribution in [0, 0.1) is 0 Å². The Morgan fingerprint density at radius 1 is 1.21 bits per heavy atom. The van der Waals surface area contributed by atoms with Gasteiger partial charge in [-0.05, 0) is 27.7 Å². The normalized spacial score (nSPS) is 17.1. The van der Waals surface area contributed by atoms with Gasteiger partial charge in [-0.2, -0.15) is 0 Å². The lowest BCUT2D eigenvalue weighted by Gasteiger charge is -2.32. The summed E-state index contributed by atoms with van der Waals surface area (Å²) in [5.41, 5.74) is -0.415. The van der Waals surface area contributed by atoms with Crippen molar-refractivity contribution >= 4 is 0 Å². The number of aliphatic hydroxyl groups is 3. The lowest BCUT2D eigenvalue weighted by molar-refractivity contribution is -0.0921. The molecule has 0 saturated carbocycles. The number of nitrogens with one attached hydrogen (secondary N) is 1. The van der Waals surface area contributed by atoms with Gasteiger partial charge < -0.3 is 15.3 Å². The van der Waals surface area contributed by atoms with E-state index in [1.807, 2.05) is 13.8 Å². The number of aliphatic hydroxyl groups excluding tert-OH is 3. The third-order valence-corrected chi connectivity index (χ3v) is 2.10. The molecular formula is C9H22N2O3. The van der Waals surface area contributed by atoms with Crippen LogP contribution in [0.15, 0.2) is 0 Å². The highest BCUT2D eigenvalue weighted by molar-refractivity contribution is 4.76. The fourth-order valence-electron chi connectivity index (χ4n) is 0.938. The summed E-state index contributed by atoms with van der Waals surface area (Å²) in [7, 11) is 0. The van der Waals surface area contributed by atoms with Gasteiger partial charge in [-0.1, -0.05) is 0 Å². The number of rotatable bonds is 6. The van der Waals surface area contributed by atoms with E-state index in [4.69, 9.17) is 5.11 Å². The van der Waals surface area contributed by atoms with Crippen LogP contribution in [0.3, 0.4) is 0 Å². The van der Waals surface area contributed by atoms with Gasteiger partial charge in [-0.15, -0.1) is 0 Å². The first-order valence-corrected chi connectivity index (χ1v) is 4.78. The summed E-state index contributed by atoms with van der Waals surface area (Å²) in [4.78, 5) is 1.47. The Morgan fingerprint density at radius 3 is 1.93 bits per heavy atom. The van der Waals surface area contributed by atoms with Gasteiger partial charge in [0.05, 0.1) is 13.3 Å². The van der Waals surface area contributed by atoms with Crippen LogP contribution in [-0.4, -0.2) is 51.5 Å². The Balaban J connectivity index is 4.07. The van der Waals surface area contributed by atoms with Crippen LogP contribution in [-0.2, 0) is 0 Å². The van der Waals surface area contributed by atoms with Gasteiger partial charge in [-0.25, -0.2) is 4.90 Å². The summed E-state index contributed by atoms with van der Waals surface area (Å²) in [6.07, 6.45) is -1.45. The molecule has 0 aromatic carbocycles. The molecule has 0 amide bonds. The molecule has 14 heavy (non-hydrogen) atoms. The molecule has 0 aromatic rings. The van der Waals surface area contributed by atoms with Gasteiger partial charge in [0.25, 0.3) is 0 Å². The zero-order chi connectivity index (χ0) is 11.4. The fourth-order valence-corrected chi connectivity index (χ4v) is 0.938. The monoisotopic (exact) mass is 206 g/mol. The first-order valence-electron chi connectivity index (χ1n) is 4.78. The first kappa shape index (κ1) is 13.8. The summed E-state index contributed by atoms with van der Waals surface area (Å²) in [5, 5.41) is 30.6. The average Bonchev–Trinajstić information content (AvgIpc) is 2.03. The summed E-state index contributed by atoms with van der Waals surface area (Å²) in [5.74, 6) is 0. The second-order valence-electron chi connectivity index (χ2n) is 4.15. The van der Waals surface area contributed by atoms with E-state index in [0.29, 0.717) is 6.67 Å². The largest absolute Gasteiger partial charge is 0.394 e. The molecule has 0 aliphatic heterocycles. The highest BCUT2D eigenvalue weighted by atomic mass is 16.3. The van der Waals surface area contributed by atoms with Crippen molar-refractivity contribution in [1.29, 1.82) is 0 Å². The van der Waals surface area contributed by atoms with Crippen LogP contribution in [0.4, 0.5) is 0 Å². The molecule has 0 aliphatic rings. The quantitative estimate of drug-likeness (QED) is 0.432. The molecule has 4 N–H and O–H groups in total. The molecule has 86 valence electrons. The second-order valence-corrected chi connectivity index (χ2v) is 4.15. The smallest absolute Gasteiger partial charge is 0.107 e. The Bertz CT molecular complexity index is 152. The molecule has 5 nitrogen and oxygen atoms in total. The number of hydrogen-bond acceptors (Lipinski definition) is 5. The van der Waals surface area contributed by atoms with Gasteiger partial charge in [0.15, 0.2) is 0 Å². The molecule has 0 aromatic heterocycles. The maximum Gasteiger partial charge on any atom is 0.107 e. The molecule has 5 heteroatoms. The lowest BCUT2D eigenvalue weighted by atomic mass is 10.1. The molecule has 0 radical (unpaired) electrons. The van der Waals surface area contributed by atoms with E-state index in [-0.39, 0.29) is 6.61 Å². The summed E-state index contributed by atoms with van der Waals surface area (Å²) < 4.78 is 0. The van der Waals surface area contributed by atoms with Crippen molar-refractivity contribution in [3.05, 3.63) is 0 Å². The second kappa shape index (κ2) is 5.63. The minimum atomic E-state index is -0.725. The molecule has 0 fully saturated rings. The van der Waals surface area contributed by atoms with Crippen LogP contribution in [0.1, 0.15) is 27.7 Å². The molecule has 0 spiro atoms. The topological polar surface area (TPSA) is 76.0 Å². The summed E-state index contributed by atoms with van der Waals surface area (Å²) >= 11 is 0. The van der Waals surface area contributed by atoms with Crippen molar-refractivity contribution in [3.63, 3.8) is 0 Å². The molecule has 2 atom stereocenters. The van der Waals surface area contributed by atoms with Crippen LogP contribution >= 0.6 is 0 Å². The molecule has 0 saturated heterocycles. The molecule has 2 unspecified atom stereocenters. The standard InChI is InChI=1S/C9H22N2O3/c1-7(13)11(8(2)14)6-10-9(3,4)5-12/h7-8,10,12-14H,5-6H2,1-4H3. The van der Waals surface area contributed by atoms with Crippen molar-refractivity contribution < 1.29 is 15.3 Å². The Kier molecular flexibility index (Phi) is 5.54. The molecular weight excluding hydrogens is 184 g/mol. The van der Waals surface area contributed by atoms with E-state index < -0.39 is 18.0 Å². The summed E-state index contributed by atoms with van der Waals surface area (Å²) in [6.45, 7) is 7.18. The Labute approximate surface area is 85.4 Å². The van der Waals surface area contributed by atoms with E-state index in [9.17, 15) is 10.2 Å². The van der Waals surface area contributed by atoms with Gasteiger partial charge >= 0.3 is 0 Å². The van der Waals surface area contributed by atoms with Crippen molar-refractivity contribution in [1.82, 2.24) is 10.2 Å². The van der Waals surface area contributed by atoms with Crippen LogP contribution in [0.5, 0.6) is 0 Å². The van der Waals surface area contributed by atoms with E-state index in [0.717, 1.165) is 0 Å². The van der Waals surface area contributed by atoms with Crippen LogP contribution in [0.2, 0.25) is 0 Å². The van der Waals surface area contributed by atoms with E-state index >= 15 is 0 Å². The minimum absolute atomic E-state index is 0.000455. The molecule has 0 rings (SSSR count). The predicted octanol–water partition coefficient (Wildman–Crippen LogP) is -0.717. The zero-order valence-electron chi connectivity index (χ0n) is 9.36. The third kappa shape index (κ3) is 4.88. The van der Waals surface area contributed by atoms with Crippen LogP contribution in [0.25, 0.3) is 0 Å². The number of nitrogens with zero attached hydrogens (tertiary/aromatic N) is 1. The predicted molar refractivity (Wildman–Crippen MR) is 54.4 cm³/mol. The van der Waals surface area contributed by atoms with Gasteiger partial charge in [0.1, 0.15) is 12.5 Å². The SMILES string of the molecule is CC(O)N(CNC(C)(C)CO)C(C)O. The Hall–Kier alpha value is -0.200. The average molecular weight is 206 g/mol.